The highest BCUT2D eigenvalue weighted by atomic mass is 32.2. The number of hydrogen-bond donors (Lipinski definition) is 0. The molecular formula is C12H23NO2S. The second-order valence-corrected chi connectivity index (χ2v) is 5.30. The highest BCUT2D eigenvalue weighted by Gasteiger charge is 2.25. The van der Waals surface area contributed by atoms with Gasteiger partial charge in [-0.05, 0) is 19.1 Å². The Morgan fingerprint density at radius 2 is 2.38 bits per heavy atom. The first-order valence-electron chi connectivity index (χ1n) is 6.12. The number of amides is 1. The van der Waals surface area contributed by atoms with E-state index in [9.17, 15) is 4.79 Å². The van der Waals surface area contributed by atoms with Crippen LogP contribution in [-0.4, -0.2) is 49.1 Å². The third kappa shape index (κ3) is 4.74. The van der Waals surface area contributed by atoms with E-state index >= 15 is 0 Å². The predicted octanol–water partition coefficient (Wildman–Crippen LogP) is 2.01. The summed E-state index contributed by atoms with van der Waals surface area (Å²) in [6.45, 7) is 5.61. The van der Waals surface area contributed by atoms with Crippen LogP contribution in [0.25, 0.3) is 0 Å². The van der Waals surface area contributed by atoms with E-state index in [0.29, 0.717) is 18.2 Å². The number of carbonyl (C=O) groups is 1. The summed E-state index contributed by atoms with van der Waals surface area (Å²) in [5, 5.41) is 0. The van der Waals surface area contributed by atoms with Gasteiger partial charge in [-0.1, -0.05) is 6.92 Å². The maximum Gasteiger partial charge on any atom is 0.223 e. The molecule has 0 aromatic heterocycles. The molecule has 94 valence electrons. The van der Waals surface area contributed by atoms with Gasteiger partial charge in [-0.15, -0.1) is 0 Å². The van der Waals surface area contributed by atoms with Crippen molar-refractivity contribution in [1.82, 2.24) is 4.90 Å². The number of carbonyl (C=O) groups excluding carboxylic acids is 1. The van der Waals surface area contributed by atoms with Crippen molar-refractivity contribution in [2.45, 2.75) is 26.2 Å². The van der Waals surface area contributed by atoms with Crippen molar-refractivity contribution in [3.05, 3.63) is 0 Å². The molecule has 0 aliphatic carbocycles. The lowest BCUT2D eigenvalue weighted by Gasteiger charge is -2.16. The molecule has 1 aliphatic heterocycles. The summed E-state index contributed by atoms with van der Waals surface area (Å²) < 4.78 is 5.53. The summed E-state index contributed by atoms with van der Waals surface area (Å²) in [6.07, 6.45) is 4.90. The molecule has 4 heteroatoms. The van der Waals surface area contributed by atoms with Gasteiger partial charge in [-0.3, -0.25) is 4.79 Å². The highest BCUT2D eigenvalue weighted by Crippen LogP contribution is 2.17. The van der Waals surface area contributed by atoms with Gasteiger partial charge >= 0.3 is 0 Å². The number of rotatable bonds is 7. The minimum Gasteiger partial charge on any atom is -0.381 e. The molecule has 0 bridgehead atoms. The van der Waals surface area contributed by atoms with Crippen LogP contribution in [0.3, 0.4) is 0 Å². The van der Waals surface area contributed by atoms with Gasteiger partial charge in [0, 0.05) is 37.8 Å². The maximum absolute atomic E-state index is 11.8. The molecule has 0 radical (unpaired) electrons. The van der Waals surface area contributed by atoms with Crippen molar-refractivity contribution in [3.63, 3.8) is 0 Å². The van der Waals surface area contributed by atoms with Crippen LogP contribution in [0.1, 0.15) is 26.2 Å². The first-order valence-corrected chi connectivity index (χ1v) is 7.51. The summed E-state index contributed by atoms with van der Waals surface area (Å²) in [5.41, 5.74) is 0. The molecule has 0 aromatic carbocycles. The summed E-state index contributed by atoms with van der Waals surface area (Å²) in [7, 11) is 0. The Hall–Kier alpha value is -0.220. The van der Waals surface area contributed by atoms with Gasteiger partial charge in [0.15, 0.2) is 0 Å². The summed E-state index contributed by atoms with van der Waals surface area (Å²) in [5.74, 6) is 1.81. The monoisotopic (exact) mass is 245 g/mol. The van der Waals surface area contributed by atoms with Gasteiger partial charge in [0.25, 0.3) is 0 Å². The Balaban J connectivity index is 2.16. The lowest BCUT2D eigenvalue weighted by atomic mass is 10.1. The Morgan fingerprint density at radius 3 is 3.06 bits per heavy atom. The Labute approximate surface area is 103 Å². The quantitative estimate of drug-likeness (QED) is 0.643. The minimum absolute atomic E-state index is 0.312. The molecule has 0 aromatic rings. The van der Waals surface area contributed by atoms with E-state index in [1.807, 2.05) is 11.2 Å². The highest BCUT2D eigenvalue weighted by molar-refractivity contribution is 7.98. The molecule has 1 heterocycles. The predicted molar refractivity (Wildman–Crippen MR) is 68.8 cm³/mol. The molecule has 16 heavy (non-hydrogen) atoms. The molecular weight excluding hydrogens is 222 g/mol. The average molecular weight is 245 g/mol. The summed E-state index contributed by atoms with van der Waals surface area (Å²) >= 11 is 1.73. The van der Waals surface area contributed by atoms with Crippen LogP contribution in [0.15, 0.2) is 0 Å². The van der Waals surface area contributed by atoms with Crippen molar-refractivity contribution >= 4 is 17.7 Å². The van der Waals surface area contributed by atoms with Crippen LogP contribution >= 0.6 is 11.8 Å². The molecule has 1 fully saturated rings. The molecule has 0 spiro atoms. The maximum atomic E-state index is 11.8. The smallest absolute Gasteiger partial charge is 0.223 e. The van der Waals surface area contributed by atoms with E-state index in [2.05, 4.69) is 6.92 Å². The van der Waals surface area contributed by atoms with E-state index in [0.717, 1.165) is 44.9 Å². The standard InChI is InChI=1S/C12H23NO2S/c1-3-7-15-10-11-4-6-13(9-11)12(14)5-8-16-2/h11H,3-10H2,1-2H3/t11-/m1/s1. The van der Waals surface area contributed by atoms with Gasteiger partial charge in [-0.2, -0.15) is 11.8 Å². The van der Waals surface area contributed by atoms with E-state index in [-0.39, 0.29) is 0 Å². The van der Waals surface area contributed by atoms with Crippen molar-refractivity contribution in [2.24, 2.45) is 5.92 Å². The van der Waals surface area contributed by atoms with Crippen molar-refractivity contribution in [3.8, 4) is 0 Å². The normalized spacial score (nSPS) is 20.4. The van der Waals surface area contributed by atoms with Crippen molar-refractivity contribution < 1.29 is 9.53 Å². The van der Waals surface area contributed by atoms with Gasteiger partial charge in [0.05, 0.1) is 6.61 Å². The van der Waals surface area contributed by atoms with Crippen LogP contribution in [0.4, 0.5) is 0 Å². The number of hydrogen-bond acceptors (Lipinski definition) is 3. The lowest BCUT2D eigenvalue weighted by Crippen LogP contribution is -2.29. The van der Waals surface area contributed by atoms with E-state index in [1.54, 1.807) is 11.8 Å². The van der Waals surface area contributed by atoms with Gasteiger partial charge in [0.1, 0.15) is 0 Å². The molecule has 1 saturated heterocycles. The Kier molecular flexibility index (Phi) is 6.88. The number of ether oxygens (including phenoxy) is 1. The second-order valence-electron chi connectivity index (χ2n) is 4.31. The van der Waals surface area contributed by atoms with Gasteiger partial charge < -0.3 is 9.64 Å². The zero-order chi connectivity index (χ0) is 11.8. The minimum atomic E-state index is 0.312. The largest absolute Gasteiger partial charge is 0.381 e. The van der Waals surface area contributed by atoms with Crippen LogP contribution in [0.2, 0.25) is 0 Å². The zero-order valence-electron chi connectivity index (χ0n) is 10.4. The third-order valence-electron chi connectivity index (χ3n) is 2.86. The van der Waals surface area contributed by atoms with E-state index < -0.39 is 0 Å². The Bertz CT molecular complexity index is 211. The molecule has 0 N–H and O–H groups in total. The van der Waals surface area contributed by atoms with E-state index in [4.69, 9.17) is 4.74 Å². The van der Waals surface area contributed by atoms with E-state index in [1.165, 1.54) is 0 Å². The lowest BCUT2D eigenvalue weighted by molar-refractivity contribution is -0.129. The number of thioether (sulfide) groups is 1. The summed E-state index contributed by atoms with van der Waals surface area (Å²) in [4.78, 5) is 13.7. The number of nitrogens with zero attached hydrogens (tertiary/aromatic N) is 1. The SMILES string of the molecule is CCCOC[C@@H]1CCN(C(=O)CCSC)C1. The molecule has 0 saturated carbocycles. The third-order valence-corrected chi connectivity index (χ3v) is 3.47. The van der Waals surface area contributed by atoms with Crippen LogP contribution < -0.4 is 0 Å². The van der Waals surface area contributed by atoms with Crippen LogP contribution in [0.5, 0.6) is 0 Å². The zero-order valence-corrected chi connectivity index (χ0v) is 11.2. The summed E-state index contributed by atoms with van der Waals surface area (Å²) in [6, 6.07) is 0. The molecule has 1 atom stereocenters. The molecule has 0 unspecified atom stereocenters. The molecule has 1 amide bonds. The fraction of sp³-hybridized carbons (Fsp3) is 0.917. The molecule has 3 nitrogen and oxygen atoms in total. The second kappa shape index (κ2) is 7.96. The fourth-order valence-corrected chi connectivity index (χ4v) is 2.32. The first-order chi connectivity index (χ1) is 7.77. The van der Waals surface area contributed by atoms with Crippen molar-refractivity contribution in [1.29, 1.82) is 0 Å². The van der Waals surface area contributed by atoms with Gasteiger partial charge in [0.2, 0.25) is 5.91 Å². The van der Waals surface area contributed by atoms with Crippen molar-refractivity contribution in [2.75, 3.05) is 38.3 Å². The first kappa shape index (κ1) is 13.8. The van der Waals surface area contributed by atoms with Crippen LogP contribution in [0, 0.1) is 5.92 Å². The fourth-order valence-electron chi connectivity index (χ4n) is 1.94. The molecule has 1 rings (SSSR count). The number of likely N-dealkylation sites (tertiary alicyclic amines) is 1. The Morgan fingerprint density at radius 1 is 1.56 bits per heavy atom. The average Bonchev–Trinajstić information content (AvgIpc) is 2.75. The topological polar surface area (TPSA) is 29.5 Å². The molecule has 1 aliphatic rings. The van der Waals surface area contributed by atoms with Crippen LogP contribution in [-0.2, 0) is 9.53 Å². The van der Waals surface area contributed by atoms with Gasteiger partial charge in [-0.25, -0.2) is 0 Å².